The molecule has 0 saturated carbocycles. The van der Waals surface area contributed by atoms with Gasteiger partial charge in [-0.25, -0.2) is 8.78 Å². The van der Waals surface area contributed by atoms with Crippen LogP contribution >= 0.6 is 0 Å². The topological polar surface area (TPSA) is 80.1 Å². The largest absolute Gasteiger partial charge is 0.391 e. The third-order valence-corrected chi connectivity index (χ3v) is 3.92. The number of nitriles is 1. The molecule has 2 aromatic rings. The molecule has 23 heavy (non-hydrogen) atoms. The third-order valence-electron chi connectivity index (χ3n) is 3.92. The minimum absolute atomic E-state index is 0.0928. The molecule has 2 heterocycles. The molecule has 2 N–H and O–H groups in total. The van der Waals surface area contributed by atoms with Crippen molar-refractivity contribution >= 4 is 5.91 Å². The van der Waals surface area contributed by atoms with Gasteiger partial charge in [0.15, 0.2) is 11.6 Å². The summed E-state index contributed by atoms with van der Waals surface area (Å²) in [5.74, 6) is -2.34. The number of hydrogen-bond acceptors (Lipinski definition) is 3. The Kier molecular flexibility index (Phi) is 3.84. The number of aliphatic hydroxyl groups excluding tert-OH is 1. The van der Waals surface area contributed by atoms with Crippen molar-refractivity contribution in [2.45, 2.75) is 18.6 Å². The van der Waals surface area contributed by atoms with Gasteiger partial charge in [-0.1, -0.05) is 6.07 Å². The second-order valence-electron chi connectivity index (χ2n) is 5.45. The fourth-order valence-corrected chi connectivity index (χ4v) is 2.82. The quantitative estimate of drug-likeness (QED) is 0.890. The van der Waals surface area contributed by atoms with E-state index < -0.39 is 23.8 Å². The first kappa shape index (κ1) is 15.2. The average Bonchev–Trinajstić information content (AvgIpc) is 3.16. The Labute approximate surface area is 130 Å². The lowest BCUT2D eigenvalue weighted by molar-refractivity contribution is 0.0715. The van der Waals surface area contributed by atoms with Crippen LogP contribution < -0.4 is 0 Å². The molecule has 118 valence electrons. The van der Waals surface area contributed by atoms with Crippen molar-refractivity contribution in [2.24, 2.45) is 0 Å². The van der Waals surface area contributed by atoms with E-state index in [0.29, 0.717) is 5.56 Å². The van der Waals surface area contributed by atoms with Crippen LogP contribution in [0.4, 0.5) is 8.78 Å². The zero-order valence-corrected chi connectivity index (χ0v) is 12.0. The number of carbonyl (C=O) groups excluding carboxylic acids is 1. The van der Waals surface area contributed by atoms with Gasteiger partial charge in [0, 0.05) is 12.7 Å². The summed E-state index contributed by atoms with van der Waals surface area (Å²) >= 11 is 0. The van der Waals surface area contributed by atoms with Gasteiger partial charge in [-0.3, -0.25) is 4.79 Å². The first-order valence-corrected chi connectivity index (χ1v) is 7.02. The van der Waals surface area contributed by atoms with Gasteiger partial charge in [0.25, 0.3) is 5.91 Å². The third kappa shape index (κ3) is 2.81. The molecule has 1 aliphatic heterocycles. The lowest BCUT2D eigenvalue weighted by Crippen LogP contribution is -2.31. The molecule has 1 saturated heterocycles. The van der Waals surface area contributed by atoms with Crippen molar-refractivity contribution in [3.8, 4) is 6.07 Å². The number of carbonyl (C=O) groups is 1. The lowest BCUT2D eigenvalue weighted by atomic mass is 10.0. The number of aromatic amines is 1. The summed E-state index contributed by atoms with van der Waals surface area (Å²) in [5, 5.41) is 18.7. The molecule has 0 bridgehead atoms. The molecule has 0 unspecified atom stereocenters. The SMILES string of the molecule is N#Cc1cc(C(=O)N2C[C@H](O)C[C@@H]2c2ccc(F)c(F)c2)c[nH]1. The van der Waals surface area contributed by atoms with Crippen molar-refractivity contribution in [1.29, 1.82) is 5.26 Å². The molecule has 1 aromatic heterocycles. The maximum atomic E-state index is 13.4. The number of H-pyrrole nitrogens is 1. The van der Waals surface area contributed by atoms with E-state index in [9.17, 15) is 18.7 Å². The van der Waals surface area contributed by atoms with Crippen LogP contribution in [-0.4, -0.2) is 33.5 Å². The molecule has 1 fully saturated rings. The molecule has 1 aliphatic rings. The number of β-amino-alcohol motifs (C(OH)–C–C–N with tert-alkyl or cyclic N) is 1. The lowest BCUT2D eigenvalue weighted by Gasteiger charge is -2.24. The number of likely N-dealkylation sites (tertiary alicyclic amines) is 1. The second kappa shape index (κ2) is 5.82. The number of aromatic nitrogens is 1. The molecule has 7 heteroatoms. The monoisotopic (exact) mass is 317 g/mol. The normalized spacial score (nSPS) is 20.5. The highest BCUT2D eigenvalue weighted by molar-refractivity contribution is 5.95. The molecule has 0 spiro atoms. The number of hydrogen-bond donors (Lipinski definition) is 2. The fourth-order valence-electron chi connectivity index (χ4n) is 2.82. The molecule has 5 nitrogen and oxygen atoms in total. The van der Waals surface area contributed by atoms with Gasteiger partial charge in [-0.15, -0.1) is 0 Å². The number of aliphatic hydroxyl groups is 1. The van der Waals surface area contributed by atoms with Crippen LogP contribution in [0, 0.1) is 23.0 Å². The summed E-state index contributed by atoms with van der Waals surface area (Å²) in [6.45, 7) is 0.0928. The second-order valence-corrected chi connectivity index (χ2v) is 5.45. The van der Waals surface area contributed by atoms with Crippen LogP contribution in [0.5, 0.6) is 0 Å². The number of nitrogens with zero attached hydrogens (tertiary/aromatic N) is 2. The predicted molar refractivity (Wildman–Crippen MR) is 76.3 cm³/mol. The van der Waals surface area contributed by atoms with Crippen molar-refractivity contribution < 1.29 is 18.7 Å². The number of rotatable bonds is 2. The molecular formula is C16H13F2N3O2. The summed E-state index contributed by atoms with van der Waals surface area (Å²) in [6, 6.07) is 6.20. The summed E-state index contributed by atoms with van der Waals surface area (Å²) < 4.78 is 26.5. The number of amides is 1. The van der Waals surface area contributed by atoms with Gasteiger partial charge in [-0.2, -0.15) is 5.26 Å². The standard InChI is InChI=1S/C16H13F2N3O2/c17-13-2-1-9(4-14(13)18)15-5-12(22)8-21(15)16(23)10-3-11(6-19)20-7-10/h1-4,7,12,15,20,22H,5,8H2/t12-,15-/m1/s1. The van der Waals surface area contributed by atoms with Gasteiger partial charge in [0.05, 0.1) is 17.7 Å². The first-order chi connectivity index (χ1) is 11.0. The van der Waals surface area contributed by atoms with E-state index in [0.717, 1.165) is 12.1 Å². The highest BCUT2D eigenvalue weighted by Gasteiger charge is 2.36. The minimum atomic E-state index is -0.996. The van der Waals surface area contributed by atoms with E-state index in [1.54, 1.807) is 0 Å². The van der Waals surface area contributed by atoms with E-state index in [1.165, 1.54) is 23.2 Å². The van der Waals surface area contributed by atoms with Gasteiger partial charge >= 0.3 is 0 Å². The Balaban J connectivity index is 1.91. The van der Waals surface area contributed by atoms with Crippen LogP contribution in [0.1, 0.15) is 34.1 Å². The van der Waals surface area contributed by atoms with Gasteiger partial charge < -0.3 is 15.0 Å². The highest BCUT2D eigenvalue weighted by atomic mass is 19.2. The Bertz CT molecular complexity index is 797. The molecule has 2 atom stereocenters. The Morgan fingerprint density at radius 2 is 2.13 bits per heavy atom. The van der Waals surface area contributed by atoms with E-state index in [-0.39, 0.29) is 30.1 Å². The smallest absolute Gasteiger partial charge is 0.256 e. The molecule has 0 radical (unpaired) electrons. The average molecular weight is 317 g/mol. The molecular weight excluding hydrogens is 304 g/mol. The summed E-state index contributed by atoms with van der Waals surface area (Å²) in [6.07, 6.45) is 0.909. The van der Waals surface area contributed by atoms with Gasteiger partial charge in [-0.05, 0) is 30.2 Å². The Morgan fingerprint density at radius 3 is 2.78 bits per heavy atom. The number of benzene rings is 1. The van der Waals surface area contributed by atoms with Crippen molar-refractivity contribution in [3.63, 3.8) is 0 Å². The summed E-state index contributed by atoms with van der Waals surface area (Å²) in [7, 11) is 0. The minimum Gasteiger partial charge on any atom is -0.391 e. The first-order valence-electron chi connectivity index (χ1n) is 7.02. The molecule has 3 rings (SSSR count). The van der Waals surface area contributed by atoms with Crippen LogP contribution in [0.25, 0.3) is 0 Å². The Morgan fingerprint density at radius 1 is 1.35 bits per heavy atom. The Hall–Kier alpha value is -2.72. The van der Waals surface area contributed by atoms with E-state index >= 15 is 0 Å². The van der Waals surface area contributed by atoms with Crippen molar-refractivity contribution in [1.82, 2.24) is 9.88 Å². The van der Waals surface area contributed by atoms with Crippen LogP contribution in [-0.2, 0) is 0 Å². The van der Waals surface area contributed by atoms with Crippen LogP contribution in [0.3, 0.4) is 0 Å². The molecule has 1 amide bonds. The zero-order valence-electron chi connectivity index (χ0n) is 12.0. The van der Waals surface area contributed by atoms with Crippen LogP contribution in [0.15, 0.2) is 30.5 Å². The maximum absolute atomic E-state index is 13.4. The molecule has 0 aliphatic carbocycles. The number of nitrogens with one attached hydrogen (secondary N) is 1. The highest BCUT2D eigenvalue weighted by Crippen LogP contribution is 2.34. The van der Waals surface area contributed by atoms with E-state index in [4.69, 9.17) is 5.26 Å². The van der Waals surface area contributed by atoms with E-state index in [2.05, 4.69) is 4.98 Å². The zero-order chi connectivity index (χ0) is 16.6. The fraction of sp³-hybridized carbons (Fsp3) is 0.250. The van der Waals surface area contributed by atoms with Crippen LogP contribution in [0.2, 0.25) is 0 Å². The summed E-state index contributed by atoms with van der Waals surface area (Å²) in [5.41, 5.74) is 0.950. The van der Waals surface area contributed by atoms with Gasteiger partial charge in [0.2, 0.25) is 0 Å². The predicted octanol–water partition coefficient (Wildman–Crippen LogP) is 2.11. The van der Waals surface area contributed by atoms with Gasteiger partial charge in [0.1, 0.15) is 11.8 Å². The van der Waals surface area contributed by atoms with E-state index in [1.807, 2.05) is 6.07 Å². The van der Waals surface area contributed by atoms with Crippen molar-refractivity contribution in [3.05, 3.63) is 58.9 Å². The van der Waals surface area contributed by atoms with Crippen molar-refractivity contribution in [2.75, 3.05) is 6.54 Å². The number of halogens is 2. The maximum Gasteiger partial charge on any atom is 0.256 e. The molecule has 1 aromatic carbocycles. The summed E-state index contributed by atoms with van der Waals surface area (Å²) in [4.78, 5) is 16.6.